The van der Waals surface area contributed by atoms with Crippen LogP contribution in [0.4, 0.5) is 0 Å². The van der Waals surface area contributed by atoms with Gasteiger partial charge >= 0.3 is 0 Å². The van der Waals surface area contributed by atoms with E-state index in [9.17, 15) is 4.79 Å². The topological polar surface area (TPSA) is 65.4 Å². The lowest BCUT2D eigenvalue weighted by Crippen LogP contribution is -2.33. The van der Waals surface area contributed by atoms with Crippen LogP contribution in [0, 0.1) is 5.92 Å². The van der Waals surface area contributed by atoms with Crippen LogP contribution in [0.25, 0.3) is 0 Å². The summed E-state index contributed by atoms with van der Waals surface area (Å²) in [7, 11) is 1.94. The monoisotopic (exact) mass is 329 g/mol. The first kappa shape index (κ1) is 16.4. The summed E-state index contributed by atoms with van der Waals surface area (Å²) in [4.78, 5) is 16.7. The fourth-order valence-electron chi connectivity index (χ4n) is 2.81. The number of nitrogens with one attached hydrogen (secondary N) is 1. The number of aryl methyl sites for hydroxylation is 2. The molecule has 1 aliphatic heterocycles. The fourth-order valence-corrected chi connectivity index (χ4v) is 2.81. The van der Waals surface area contributed by atoms with Crippen LogP contribution >= 0.6 is 0 Å². The molecule has 24 heavy (non-hydrogen) atoms. The van der Waals surface area contributed by atoms with Gasteiger partial charge in [-0.1, -0.05) is 19.9 Å². The zero-order valence-electron chi connectivity index (χ0n) is 14.3. The Labute approximate surface area is 141 Å². The van der Waals surface area contributed by atoms with Crippen LogP contribution in [0.2, 0.25) is 0 Å². The van der Waals surface area contributed by atoms with E-state index in [4.69, 9.17) is 9.47 Å². The average molecular weight is 329 g/mol. The number of hydrogen-bond donors (Lipinski definition) is 1. The van der Waals surface area contributed by atoms with Crippen LogP contribution in [0.3, 0.4) is 0 Å². The molecule has 0 saturated carbocycles. The minimum Gasteiger partial charge on any atom is -0.454 e. The quantitative estimate of drug-likeness (QED) is 0.885. The van der Waals surface area contributed by atoms with Crippen molar-refractivity contribution < 1.29 is 14.3 Å². The zero-order chi connectivity index (χ0) is 17.1. The number of carbonyl (C=O) groups is 1. The van der Waals surface area contributed by atoms with Crippen LogP contribution in [0.5, 0.6) is 11.5 Å². The van der Waals surface area contributed by atoms with Gasteiger partial charge in [0.05, 0.1) is 6.04 Å². The van der Waals surface area contributed by atoms with E-state index in [1.807, 2.05) is 36.0 Å². The number of carbonyl (C=O) groups excluding carboxylic acids is 1. The SMILES string of the molecule is CC(C)[C@@H](NC(=O)CCc1ccc2c(c1)OCO2)c1nccn1C. The highest BCUT2D eigenvalue weighted by molar-refractivity contribution is 5.76. The zero-order valence-corrected chi connectivity index (χ0v) is 14.3. The van der Waals surface area contributed by atoms with Crippen molar-refractivity contribution in [2.24, 2.45) is 13.0 Å². The second-order valence-electron chi connectivity index (χ2n) is 6.37. The molecule has 2 heterocycles. The standard InChI is InChI=1S/C18H23N3O3/c1-12(2)17(18-19-8-9-21(18)3)20-16(22)7-5-13-4-6-14-15(10-13)24-11-23-14/h4,6,8-10,12,17H,5,7,11H2,1-3H3,(H,20,22)/t17-/m1/s1. The van der Waals surface area contributed by atoms with Crippen LogP contribution in [-0.2, 0) is 18.3 Å². The summed E-state index contributed by atoms with van der Waals surface area (Å²) in [5, 5.41) is 3.10. The van der Waals surface area contributed by atoms with E-state index in [2.05, 4.69) is 24.1 Å². The lowest BCUT2D eigenvalue weighted by molar-refractivity contribution is -0.122. The van der Waals surface area contributed by atoms with Gasteiger partial charge in [-0.2, -0.15) is 0 Å². The van der Waals surface area contributed by atoms with Crippen molar-refractivity contribution in [2.75, 3.05) is 6.79 Å². The van der Waals surface area contributed by atoms with Gasteiger partial charge in [0.2, 0.25) is 12.7 Å². The summed E-state index contributed by atoms with van der Waals surface area (Å²) in [5.74, 6) is 2.68. The number of amides is 1. The molecule has 1 amide bonds. The molecule has 0 saturated heterocycles. The highest BCUT2D eigenvalue weighted by atomic mass is 16.7. The third-order valence-electron chi connectivity index (χ3n) is 4.20. The molecular weight excluding hydrogens is 306 g/mol. The summed E-state index contributed by atoms with van der Waals surface area (Å²) in [6.45, 7) is 4.42. The lowest BCUT2D eigenvalue weighted by Gasteiger charge is -2.22. The predicted molar refractivity (Wildman–Crippen MR) is 89.8 cm³/mol. The molecule has 2 aromatic rings. The Morgan fingerprint density at radius 3 is 2.83 bits per heavy atom. The van der Waals surface area contributed by atoms with Crippen LogP contribution < -0.4 is 14.8 Å². The molecule has 6 heteroatoms. The highest BCUT2D eigenvalue weighted by Gasteiger charge is 2.22. The Kier molecular flexibility index (Phi) is 4.74. The molecule has 1 aromatic carbocycles. The maximum absolute atomic E-state index is 12.4. The molecule has 1 aliphatic rings. The van der Waals surface area contributed by atoms with Crippen molar-refractivity contribution in [3.8, 4) is 11.5 Å². The average Bonchev–Trinajstić information content (AvgIpc) is 3.18. The molecule has 1 aromatic heterocycles. The Bertz CT molecular complexity index is 724. The van der Waals surface area contributed by atoms with Gasteiger partial charge in [0, 0.05) is 25.9 Å². The molecule has 0 fully saturated rings. The third kappa shape index (κ3) is 3.53. The van der Waals surface area contributed by atoms with E-state index in [0.717, 1.165) is 22.9 Å². The van der Waals surface area contributed by atoms with Crippen LogP contribution in [0.15, 0.2) is 30.6 Å². The molecule has 0 unspecified atom stereocenters. The second-order valence-corrected chi connectivity index (χ2v) is 6.37. The normalized spacial score (nSPS) is 14.0. The van der Waals surface area contributed by atoms with Crippen molar-refractivity contribution in [1.29, 1.82) is 0 Å². The van der Waals surface area contributed by atoms with E-state index in [1.54, 1.807) is 6.20 Å². The third-order valence-corrected chi connectivity index (χ3v) is 4.20. The second kappa shape index (κ2) is 6.95. The fraction of sp³-hybridized carbons (Fsp3) is 0.444. The predicted octanol–water partition coefficient (Wildman–Crippen LogP) is 2.59. The van der Waals surface area contributed by atoms with Crippen LogP contribution in [0.1, 0.15) is 37.7 Å². The van der Waals surface area contributed by atoms with E-state index < -0.39 is 0 Å². The summed E-state index contributed by atoms with van der Waals surface area (Å²) in [5.41, 5.74) is 1.06. The maximum Gasteiger partial charge on any atom is 0.231 e. The number of nitrogens with zero attached hydrogens (tertiary/aromatic N) is 2. The van der Waals surface area contributed by atoms with Gasteiger partial charge in [0.25, 0.3) is 0 Å². The van der Waals surface area contributed by atoms with Gasteiger partial charge in [0.15, 0.2) is 11.5 Å². The molecule has 0 bridgehead atoms. The summed E-state index contributed by atoms with van der Waals surface area (Å²) in [6, 6.07) is 5.71. The Morgan fingerprint density at radius 1 is 1.33 bits per heavy atom. The van der Waals surface area contributed by atoms with Gasteiger partial charge in [-0.3, -0.25) is 4.79 Å². The van der Waals surface area contributed by atoms with E-state index >= 15 is 0 Å². The Hall–Kier alpha value is -2.50. The molecule has 6 nitrogen and oxygen atoms in total. The summed E-state index contributed by atoms with van der Waals surface area (Å²) < 4.78 is 12.6. The number of rotatable bonds is 6. The van der Waals surface area contributed by atoms with Crippen molar-refractivity contribution in [3.63, 3.8) is 0 Å². The Morgan fingerprint density at radius 2 is 2.12 bits per heavy atom. The molecule has 128 valence electrons. The molecule has 0 aliphatic carbocycles. The van der Waals surface area contributed by atoms with Crippen molar-refractivity contribution in [2.45, 2.75) is 32.7 Å². The van der Waals surface area contributed by atoms with E-state index in [-0.39, 0.29) is 24.7 Å². The number of aromatic nitrogens is 2. The molecule has 1 atom stereocenters. The van der Waals surface area contributed by atoms with Crippen molar-refractivity contribution >= 4 is 5.91 Å². The number of imidazole rings is 1. The first-order valence-corrected chi connectivity index (χ1v) is 8.19. The molecule has 1 N–H and O–H groups in total. The molecule has 3 rings (SSSR count). The first-order valence-electron chi connectivity index (χ1n) is 8.19. The van der Waals surface area contributed by atoms with Gasteiger partial charge in [-0.05, 0) is 30.0 Å². The summed E-state index contributed by atoms with van der Waals surface area (Å²) in [6.07, 6.45) is 4.73. The van der Waals surface area contributed by atoms with E-state index in [1.165, 1.54) is 0 Å². The number of hydrogen-bond acceptors (Lipinski definition) is 4. The van der Waals surface area contributed by atoms with Gasteiger partial charge in [0.1, 0.15) is 5.82 Å². The first-order chi connectivity index (χ1) is 11.5. The lowest BCUT2D eigenvalue weighted by atomic mass is 10.0. The maximum atomic E-state index is 12.4. The minimum atomic E-state index is -0.0887. The van der Waals surface area contributed by atoms with Gasteiger partial charge in [-0.25, -0.2) is 4.98 Å². The number of ether oxygens (including phenoxy) is 2. The highest BCUT2D eigenvalue weighted by Crippen LogP contribution is 2.32. The van der Waals surface area contributed by atoms with Crippen molar-refractivity contribution in [3.05, 3.63) is 42.0 Å². The smallest absolute Gasteiger partial charge is 0.231 e. The van der Waals surface area contributed by atoms with E-state index in [0.29, 0.717) is 12.8 Å². The number of fused-ring (bicyclic) bond motifs is 1. The minimum absolute atomic E-state index is 0.0226. The summed E-state index contributed by atoms with van der Waals surface area (Å²) >= 11 is 0. The molecule has 0 spiro atoms. The van der Waals surface area contributed by atoms with Crippen molar-refractivity contribution in [1.82, 2.24) is 14.9 Å². The van der Waals surface area contributed by atoms with Crippen LogP contribution in [-0.4, -0.2) is 22.3 Å². The van der Waals surface area contributed by atoms with Gasteiger partial charge < -0.3 is 19.4 Å². The largest absolute Gasteiger partial charge is 0.454 e. The molecular formula is C18H23N3O3. The Balaban J connectivity index is 1.59. The number of benzene rings is 1. The molecule has 0 radical (unpaired) electrons. The van der Waals surface area contributed by atoms with Gasteiger partial charge in [-0.15, -0.1) is 0 Å².